The van der Waals surface area contributed by atoms with Gasteiger partial charge < -0.3 is 14.9 Å². The SMILES string of the molecule is CC[C@@H](Oc1ccccc1O)C(=O)O. The Labute approximate surface area is 81.8 Å². The maximum Gasteiger partial charge on any atom is 0.344 e. The molecule has 0 spiro atoms. The third kappa shape index (κ3) is 2.39. The zero-order chi connectivity index (χ0) is 10.6. The molecule has 0 bridgehead atoms. The highest BCUT2D eigenvalue weighted by atomic mass is 16.5. The van der Waals surface area contributed by atoms with E-state index in [4.69, 9.17) is 9.84 Å². The molecule has 0 heterocycles. The lowest BCUT2D eigenvalue weighted by molar-refractivity contribution is -0.145. The van der Waals surface area contributed by atoms with E-state index in [1.165, 1.54) is 12.1 Å². The lowest BCUT2D eigenvalue weighted by atomic mass is 10.2. The first-order valence-electron chi connectivity index (χ1n) is 4.32. The second-order valence-electron chi connectivity index (χ2n) is 2.82. The number of phenolic OH excluding ortho intramolecular Hbond substituents is 1. The maximum atomic E-state index is 10.6. The number of rotatable bonds is 4. The molecule has 1 rings (SSSR count). The van der Waals surface area contributed by atoms with Crippen LogP contribution in [0.25, 0.3) is 0 Å². The van der Waals surface area contributed by atoms with Crippen molar-refractivity contribution < 1.29 is 19.7 Å². The minimum absolute atomic E-state index is 0.0489. The largest absolute Gasteiger partial charge is 0.504 e. The van der Waals surface area contributed by atoms with E-state index in [2.05, 4.69) is 0 Å². The Morgan fingerprint density at radius 2 is 2.14 bits per heavy atom. The van der Waals surface area contributed by atoms with Gasteiger partial charge in [-0.1, -0.05) is 19.1 Å². The van der Waals surface area contributed by atoms with Gasteiger partial charge in [-0.25, -0.2) is 4.79 Å². The molecule has 0 aliphatic carbocycles. The number of aromatic hydroxyl groups is 1. The number of hydrogen-bond donors (Lipinski definition) is 2. The quantitative estimate of drug-likeness (QED) is 0.768. The van der Waals surface area contributed by atoms with Crippen LogP contribution < -0.4 is 4.74 Å². The molecule has 4 nitrogen and oxygen atoms in total. The molecule has 0 aliphatic heterocycles. The van der Waals surface area contributed by atoms with Crippen molar-refractivity contribution in [3.05, 3.63) is 24.3 Å². The monoisotopic (exact) mass is 196 g/mol. The minimum Gasteiger partial charge on any atom is -0.504 e. The number of hydrogen-bond acceptors (Lipinski definition) is 3. The molecule has 1 aromatic rings. The molecule has 0 aliphatic rings. The zero-order valence-electron chi connectivity index (χ0n) is 7.80. The van der Waals surface area contributed by atoms with E-state index in [-0.39, 0.29) is 11.5 Å². The number of phenols is 1. The summed E-state index contributed by atoms with van der Waals surface area (Å²) in [5, 5.41) is 18.0. The predicted octanol–water partition coefficient (Wildman–Crippen LogP) is 1.63. The van der Waals surface area contributed by atoms with Gasteiger partial charge in [0.2, 0.25) is 0 Å². The normalized spacial score (nSPS) is 12.1. The fourth-order valence-corrected chi connectivity index (χ4v) is 1.02. The molecule has 4 heteroatoms. The van der Waals surface area contributed by atoms with Crippen LogP contribution in [0.15, 0.2) is 24.3 Å². The summed E-state index contributed by atoms with van der Waals surface area (Å²) >= 11 is 0. The smallest absolute Gasteiger partial charge is 0.344 e. The summed E-state index contributed by atoms with van der Waals surface area (Å²) in [6.07, 6.45) is -0.563. The molecule has 76 valence electrons. The molecule has 2 N–H and O–H groups in total. The van der Waals surface area contributed by atoms with Gasteiger partial charge in [0.25, 0.3) is 0 Å². The van der Waals surface area contributed by atoms with Crippen LogP contribution in [0, 0.1) is 0 Å². The molecule has 0 saturated heterocycles. The molecular weight excluding hydrogens is 184 g/mol. The van der Waals surface area contributed by atoms with Gasteiger partial charge in [-0.15, -0.1) is 0 Å². The van der Waals surface area contributed by atoms with E-state index < -0.39 is 12.1 Å². The third-order valence-corrected chi connectivity index (χ3v) is 1.78. The molecule has 0 saturated carbocycles. The number of para-hydroxylation sites is 2. The Bertz CT molecular complexity index is 322. The van der Waals surface area contributed by atoms with Gasteiger partial charge in [0, 0.05) is 0 Å². The average Bonchev–Trinajstić information content (AvgIpc) is 2.16. The second kappa shape index (κ2) is 4.50. The average molecular weight is 196 g/mol. The Morgan fingerprint density at radius 3 is 2.64 bits per heavy atom. The Hall–Kier alpha value is -1.71. The van der Waals surface area contributed by atoms with Gasteiger partial charge in [0.15, 0.2) is 17.6 Å². The number of benzene rings is 1. The van der Waals surface area contributed by atoms with Gasteiger partial charge in [0.05, 0.1) is 0 Å². The fourth-order valence-electron chi connectivity index (χ4n) is 1.02. The molecule has 14 heavy (non-hydrogen) atoms. The van der Waals surface area contributed by atoms with Crippen LogP contribution in [-0.2, 0) is 4.79 Å². The van der Waals surface area contributed by atoms with Crippen molar-refractivity contribution >= 4 is 5.97 Å². The number of carboxylic acid groups (broad SMARTS) is 1. The first kappa shape index (κ1) is 10.4. The van der Waals surface area contributed by atoms with Crippen molar-refractivity contribution in [2.45, 2.75) is 19.4 Å². The number of carboxylic acids is 1. The van der Waals surface area contributed by atoms with E-state index in [1.54, 1.807) is 19.1 Å². The highest BCUT2D eigenvalue weighted by molar-refractivity contribution is 5.72. The number of carbonyl (C=O) groups is 1. The van der Waals surface area contributed by atoms with Gasteiger partial charge in [-0.2, -0.15) is 0 Å². The number of ether oxygens (including phenoxy) is 1. The topological polar surface area (TPSA) is 66.8 Å². The molecule has 0 unspecified atom stereocenters. The van der Waals surface area contributed by atoms with Gasteiger partial charge in [-0.05, 0) is 18.6 Å². The predicted molar refractivity (Wildman–Crippen MR) is 50.4 cm³/mol. The Kier molecular flexibility index (Phi) is 3.34. The van der Waals surface area contributed by atoms with Crippen LogP contribution in [0.2, 0.25) is 0 Å². The van der Waals surface area contributed by atoms with Crippen molar-refractivity contribution in [2.24, 2.45) is 0 Å². The summed E-state index contributed by atoms with van der Waals surface area (Å²) in [5.74, 6) is -0.885. The zero-order valence-corrected chi connectivity index (χ0v) is 7.80. The molecular formula is C10H12O4. The molecule has 0 fully saturated rings. The van der Waals surface area contributed by atoms with Crippen molar-refractivity contribution in [1.82, 2.24) is 0 Å². The van der Waals surface area contributed by atoms with Crippen LogP contribution in [0.4, 0.5) is 0 Å². The van der Waals surface area contributed by atoms with E-state index in [0.29, 0.717) is 6.42 Å². The van der Waals surface area contributed by atoms with Crippen LogP contribution in [0.3, 0.4) is 0 Å². The van der Waals surface area contributed by atoms with Crippen molar-refractivity contribution in [3.8, 4) is 11.5 Å². The van der Waals surface area contributed by atoms with E-state index in [1.807, 2.05) is 0 Å². The molecule has 1 aromatic carbocycles. The summed E-state index contributed by atoms with van der Waals surface area (Å²) in [7, 11) is 0. The Morgan fingerprint density at radius 1 is 1.50 bits per heavy atom. The highest BCUT2D eigenvalue weighted by Crippen LogP contribution is 2.25. The van der Waals surface area contributed by atoms with E-state index >= 15 is 0 Å². The van der Waals surface area contributed by atoms with Crippen molar-refractivity contribution in [3.63, 3.8) is 0 Å². The summed E-state index contributed by atoms with van der Waals surface area (Å²) in [5.41, 5.74) is 0. The fraction of sp³-hybridized carbons (Fsp3) is 0.300. The van der Waals surface area contributed by atoms with Gasteiger partial charge >= 0.3 is 5.97 Å². The number of aliphatic carboxylic acids is 1. The first-order valence-corrected chi connectivity index (χ1v) is 4.32. The third-order valence-electron chi connectivity index (χ3n) is 1.78. The molecule has 0 radical (unpaired) electrons. The maximum absolute atomic E-state index is 10.6. The van der Waals surface area contributed by atoms with Crippen LogP contribution in [-0.4, -0.2) is 22.3 Å². The standard InChI is InChI=1S/C10H12O4/c1-2-8(10(12)13)14-9-6-4-3-5-7(9)11/h3-6,8,11H,2H2,1H3,(H,12,13)/t8-/m1/s1. The van der Waals surface area contributed by atoms with Gasteiger partial charge in [-0.3, -0.25) is 0 Å². The molecule has 1 atom stereocenters. The summed E-state index contributed by atoms with van der Waals surface area (Å²) in [6, 6.07) is 6.29. The van der Waals surface area contributed by atoms with E-state index in [0.717, 1.165) is 0 Å². The second-order valence-corrected chi connectivity index (χ2v) is 2.82. The Balaban J connectivity index is 2.77. The van der Waals surface area contributed by atoms with Crippen molar-refractivity contribution in [1.29, 1.82) is 0 Å². The lowest BCUT2D eigenvalue weighted by Gasteiger charge is -2.13. The van der Waals surface area contributed by atoms with Crippen LogP contribution in [0.5, 0.6) is 11.5 Å². The minimum atomic E-state index is -1.03. The lowest BCUT2D eigenvalue weighted by Crippen LogP contribution is -2.25. The van der Waals surface area contributed by atoms with E-state index in [9.17, 15) is 9.90 Å². The van der Waals surface area contributed by atoms with Crippen LogP contribution >= 0.6 is 0 Å². The van der Waals surface area contributed by atoms with Gasteiger partial charge in [0.1, 0.15) is 0 Å². The van der Waals surface area contributed by atoms with Crippen molar-refractivity contribution in [2.75, 3.05) is 0 Å². The highest BCUT2D eigenvalue weighted by Gasteiger charge is 2.17. The summed E-state index contributed by atoms with van der Waals surface area (Å²) in [6.45, 7) is 1.71. The summed E-state index contributed by atoms with van der Waals surface area (Å²) < 4.78 is 5.11. The van der Waals surface area contributed by atoms with Crippen LogP contribution in [0.1, 0.15) is 13.3 Å². The first-order chi connectivity index (χ1) is 6.65. The molecule has 0 aromatic heterocycles. The summed E-state index contributed by atoms with van der Waals surface area (Å²) in [4.78, 5) is 10.6. The molecule has 0 amide bonds.